The van der Waals surface area contributed by atoms with Crippen LogP contribution in [0.25, 0.3) is 10.8 Å². The Morgan fingerprint density at radius 2 is 1.11 bits per heavy atom. The minimum Gasteiger partial charge on any atom is -0.412 e. The van der Waals surface area contributed by atoms with Crippen molar-refractivity contribution < 1.29 is 5.48 Å². The predicted octanol–water partition coefficient (Wildman–Crippen LogP) is 0.0529. The highest BCUT2D eigenvalue weighted by Crippen LogP contribution is 2.01. The van der Waals surface area contributed by atoms with Crippen LogP contribution in [0.2, 0.25) is 0 Å². The van der Waals surface area contributed by atoms with Gasteiger partial charge >= 0.3 is 0 Å². The highest BCUT2D eigenvalue weighted by molar-refractivity contribution is 5.83. The molecule has 0 atom stereocenters. The molecule has 0 bridgehead atoms. The highest BCUT2D eigenvalue weighted by atomic mass is 16.2. The molecule has 3 rings (SSSR count). The van der Waals surface area contributed by atoms with Crippen LogP contribution in [-0.4, -0.2) is 10.5 Å². The molecule has 0 aliphatic rings. The Hall–Kier alpha value is -2.66. The zero-order valence-electron chi connectivity index (χ0n) is 9.87. The SMILES string of the molecule is O.O=c1c(=O)c2ccccc2c1=O.c1ccncc1. The molecular formula is C14H11NO4. The number of rotatable bonds is 0. The van der Waals surface area contributed by atoms with Gasteiger partial charge in [-0.05, 0) is 12.1 Å². The maximum absolute atomic E-state index is 11.0. The van der Waals surface area contributed by atoms with Crippen LogP contribution in [0.4, 0.5) is 0 Å². The van der Waals surface area contributed by atoms with E-state index in [0.717, 1.165) is 0 Å². The van der Waals surface area contributed by atoms with Crippen molar-refractivity contribution in [3.8, 4) is 0 Å². The molecule has 0 saturated carbocycles. The number of pyridine rings is 1. The first-order valence-electron chi connectivity index (χ1n) is 5.29. The van der Waals surface area contributed by atoms with Gasteiger partial charge in [-0.3, -0.25) is 19.4 Å². The number of nitrogens with zero attached hydrogens (tertiary/aromatic N) is 1. The summed E-state index contributed by atoms with van der Waals surface area (Å²) in [6.45, 7) is 0. The summed E-state index contributed by atoms with van der Waals surface area (Å²) in [7, 11) is 0. The van der Waals surface area contributed by atoms with E-state index in [0.29, 0.717) is 0 Å². The topological polar surface area (TPSA) is 95.6 Å². The van der Waals surface area contributed by atoms with Gasteiger partial charge in [-0.25, -0.2) is 0 Å². The van der Waals surface area contributed by atoms with Gasteiger partial charge < -0.3 is 5.48 Å². The van der Waals surface area contributed by atoms with E-state index in [1.807, 2.05) is 18.2 Å². The molecule has 0 radical (unpaired) electrons. The fraction of sp³-hybridized carbons (Fsp3) is 0. The van der Waals surface area contributed by atoms with E-state index in [1.54, 1.807) is 24.5 Å². The predicted molar refractivity (Wildman–Crippen MR) is 73.0 cm³/mol. The Bertz CT molecular complexity index is 713. The fourth-order valence-electron chi connectivity index (χ4n) is 1.54. The van der Waals surface area contributed by atoms with Crippen LogP contribution in [0, 0.1) is 0 Å². The van der Waals surface area contributed by atoms with Crippen LogP contribution in [0.15, 0.2) is 69.2 Å². The molecule has 2 N–H and O–H groups in total. The third-order valence-electron chi connectivity index (χ3n) is 2.40. The number of hydrogen-bond acceptors (Lipinski definition) is 4. The minimum absolute atomic E-state index is 0. The smallest absolute Gasteiger partial charge is 0.273 e. The first-order chi connectivity index (χ1) is 8.72. The van der Waals surface area contributed by atoms with Crippen molar-refractivity contribution in [2.75, 3.05) is 0 Å². The van der Waals surface area contributed by atoms with Crippen molar-refractivity contribution in [2.45, 2.75) is 0 Å². The van der Waals surface area contributed by atoms with Gasteiger partial charge in [0.1, 0.15) is 0 Å². The molecular weight excluding hydrogens is 246 g/mol. The zero-order valence-corrected chi connectivity index (χ0v) is 9.87. The Morgan fingerprint density at radius 3 is 1.42 bits per heavy atom. The van der Waals surface area contributed by atoms with Gasteiger partial charge in [0, 0.05) is 23.2 Å². The highest BCUT2D eigenvalue weighted by Gasteiger charge is 2.09. The molecule has 5 heteroatoms. The van der Waals surface area contributed by atoms with Crippen LogP contribution in [0.1, 0.15) is 0 Å². The Labute approximate surface area is 107 Å². The third-order valence-corrected chi connectivity index (χ3v) is 2.40. The van der Waals surface area contributed by atoms with Crippen molar-refractivity contribution >= 4 is 10.8 Å². The summed E-state index contributed by atoms with van der Waals surface area (Å²) in [5.41, 5.74) is -2.29. The number of aromatic nitrogens is 1. The molecule has 96 valence electrons. The molecule has 5 nitrogen and oxygen atoms in total. The normalized spacial score (nSPS) is 9.26. The molecule has 0 spiro atoms. The monoisotopic (exact) mass is 257 g/mol. The van der Waals surface area contributed by atoms with E-state index in [9.17, 15) is 14.4 Å². The van der Waals surface area contributed by atoms with Gasteiger partial charge in [0.05, 0.1) is 0 Å². The van der Waals surface area contributed by atoms with Crippen molar-refractivity contribution in [2.24, 2.45) is 0 Å². The molecule has 0 unspecified atom stereocenters. The summed E-state index contributed by atoms with van der Waals surface area (Å²) in [5, 5.41) is 0.458. The second-order valence-electron chi connectivity index (χ2n) is 3.56. The van der Waals surface area contributed by atoms with E-state index >= 15 is 0 Å². The summed E-state index contributed by atoms with van der Waals surface area (Å²) in [6, 6.07) is 11.9. The number of fused-ring (bicyclic) bond motifs is 1. The van der Waals surface area contributed by atoms with E-state index in [4.69, 9.17) is 0 Å². The quantitative estimate of drug-likeness (QED) is 0.532. The maximum Gasteiger partial charge on any atom is 0.273 e. The molecule has 0 amide bonds. The summed E-state index contributed by atoms with van der Waals surface area (Å²) < 4.78 is 0. The van der Waals surface area contributed by atoms with Crippen molar-refractivity contribution in [1.29, 1.82) is 0 Å². The largest absolute Gasteiger partial charge is 0.412 e. The third kappa shape index (κ3) is 2.97. The van der Waals surface area contributed by atoms with Crippen molar-refractivity contribution in [3.63, 3.8) is 0 Å². The summed E-state index contributed by atoms with van der Waals surface area (Å²) in [6.07, 6.45) is 3.50. The molecule has 0 aliphatic heterocycles. The molecule has 0 saturated heterocycles. The molecule has 1 aromatic heterocycles. The first-order valence-corrected chi connectivity index (χ1v) is 5.29. The standard InChI is InChI=1S/C9H4O3.C5H5N.H2O/c10-7-5-3-1-2-4-6(5)8(11)9(7)12;1-2-4-6-5-3-1;/h1-4H;1-5H;1H2. The van der Waals surface area contributed by atoms with Crippen LogP contribution in [0.5, 0.6) is 0 Å². The maximum atomic E-state index is 11.0. The van der Waals surface area contributed by atoms with Gasteiger partial charge in [-0.1, -0.05) is 30.3 Å². The lowest BCUT2D eigenvalue weighted by Gasteiger charge is -1.81. The summed E-state index contributed by atoms with van der Waals surface area (Å²) in [4.78, 5) is 36.7. The molecule has 0 aliphatic carbocycles. The van der Waals surface area contributed by atoms with Gasteiger partial charge in [0.15, 0.2) is 0 Å². The lowest BCUT2D eigenvalue weighted by Crippen LogP contribution is -2.29. The second-order valence-corrected chi connectivity index (χ2v) is 3.56. The first kappa shape index (κ1) is 14.4. The average Bonchev–Trinajstić information content (AvgIpc) is 2.67. The van der Waals surface area contributed by atoms with Gasteiger partial charge in [0.2, 0.25) is 10.9 Å². The molecule has 2 aromatic carbocycles. The van der Waals surface area contributed by atoms with Crippen molar-refractivity contribution in [3.05, 3.63) is 85.5 Å². The summed E-state index contributed by atoms with van der Waals surface area (Å²) >= 11 is 0. The van der Waals surface area contributed by atoms with Crippen LogP contribution in [-0.2, 0) is 0 Å². The Morgan fingerprint density at radius 1 is 0.632 bits per heavy atom. The van der Waals surface area contributed by atoms with Crippen molar-refractivity contribution in [1.82, 2.24) is 4.98 Å². The molecule has 3 aromatic rings. The van der Waals surface area contributed by atoms with E-state index in [1.165, 1.54) is 12.1 Å². The second kappa shape index (κ2) is 6.32. The van der Waals surface area contributed by atoms with Crippen LogP contribution >= 0.6 is 0 Å². The lowest BCUT2D eigenvalue weighted by molar-refractivity contribution is 0.824. The minimum atomic E-state index is -0.920. The molecule has 19 heavy (non-hydrogen) atoms. The van der Waals surface area contributed by atoms with E-state index < -0.39 is 16.3 Å². The number of hydrogen-bond donors (Lipinski definition) is 0. The lowest BCUT2D eigenvalue weighted by atomic mass is 10.2. The van der Waals surface area contributed by atoms with Gasteiger partial charge in [-0.2, -0.15) is 0 Å². The molecule has 1 heterocycles. The van der Waals surface area contributed by atoms with E-state index in [2.05, 4.69) is 4.98 Å². The van der Waals surface area contributed by atoms with Crippen LogP contribution in [0.3, 0.4) is 0 Å². The van der Waals surface area contributed by atoms with Crippen LogP contribution < -0.4 is 16.3 Å². The number of benzene rings is 1. The van der Waals surface area contributed by atoms with Gasteiger partial charge in [-0.15, -0.1) is 0 Å². The molecule has 0 fully saturated rings. The fourth-order valence-corrected chi connectivity index (χ4v) is 1.54. The van der Waals surface area contributed by atoms with Gasteiger partial charge in [0.25, 0.3) is 5.43 Å². The zero-order chi connectivity index (χ0) is 13.0. The Balaban J connectivity index is 0.000000220. The Kier molecular flexibility index (Phi) is 4.79. The van der Waals surface area contributed by atoms with E-state index in [-0.39, 0.29) is 16.2 Å². The average molecular weight is 257 g/mol. The summed E-state index contributed by atoms with van der Waals surface area (Å²) in [5.74, 6) is 0.